The fraction of sp³-hybridized carbons (Fsp3) is 0.550. The van der Waals surface area contributed by atoms with Crippen molar-refractivity contribution in [3.05, 3.63) is 35.4 Å². The highest BCUT2D eigenvalue weighted by Crippen LogP contribution is 2.45. The van der Waals surface area contributed by atoms with Crippen molar-refractivity contribution in [1.29, 1.82) is 0 Å². The first-order valence-corrected chi connectivity index (χ1v) is 9.46. The summed E-state index contributed by atoms with van der Waals surface area (Å²) in [5.41, 5.74) is -2.41. The van der Waals surface area contributed by atoms with Crippen molar-refractivity contribution in [2.45, 2.75) is 57.2 Å². The molecular formula is C20H23F3N2O3. The lowest BCUT2D eigenvalue weighted by atomic mass is 9.75. The van der Waals surface area contributed by atoms with E-state index >= 15 is 0 Å². The van der Waals surface area contributed by atoms with Gasteiger partial charge in [-0.1, -0.05) is 18.2 Å². The lowest BCUT2D eigenvalue weighted by Gasteiger charge is -2.30. The third-order valence-electron chi connectivity index (χ3n) is 5.57. The molecule has 8 heteroatoms. The molecule has 0 aromatic heterocycles. The number of hydrogen-bond acceptors (Lipinski definition) is 3. The van der Waals surface area contributed by atoms with Gasteiger partial charge in [-0.25, -0.2) is 0 Å². The molecule has 152 valence electrons. The molecule has 5 nitrogen and oxygen atoms in total. The van der Waals surface area contributed by atoms with E-state index in [1.54, 1.807) is 13.8 Å². The van der Waals surface area contributed by atoms with E-state index in [1.807, 2.05) is 0 Å². The van der Waals surface area contributed by atoms with Gasteiger partial charge < -0.3 is 4.90 Å². The number of halogens is 3. The average molecular weight is 396 g/mol. The van der Waals surface area contributed by atoms with Crippen LogP contribution in [0, 0.1) is 0 Å². The maximum Gasteiger partial charge on any atom is 0.416 e. The Morgan fingerprint density at radius 2 is 1.86 bits per heavy atom. The number of benzene rings is 1. The van der Waals surface area contributed by atoms with E-state index in [9.17, 15) is 27.6 Å². The van der Waals surface area contributed by atoms with Crippen molar-refractivity contribution in [3.8, 4) is 0 Å². The average Bonchev–Trinajstić information content (AvgIpc) is 3.42. The molecule has 3 amide bonds. The van der Waals surface area contributed by atoms with Gasteiger partial charge in [-0.3, -0.25) is 19.3 Å². The Balaban J connectivity index is 2.07. The minimum atomic E-state index is -4.58. The summed E-state index contributed by atoms with van der Waals surface area (Å²) in [5.74, 6) is -1.32. The molecule has 0 N–H and O–H groups in total. The maximum atomic E-state index is 13.3. The van der Waals surface area contributed by atoms with Crippen LogP contribution in [0.25, 0.3) is 0 Å². The van der Waals surface area contributed by atoms with Crippen molar-refractivity contribution >= 4 is 17.7 Å². The first-order chi connectivity index (χ1) is 13.1. The fourth-order valence-corrected chi connectivity index (χ4v) is 3.87. The highest BCUT2D eigenvalue weighted by Gasteiger charge is 2.57. The summed E-state index contributed by atoms with van der Waals surface area (Å²) in [6.07, 6.45) is -3.79. The molecule has 1 aromatic carbocycles. The van der Waals surface area contributed by atoms with Crippen LogP contribution in [-0.4, -0.2) is 46.7 Å². The number of amides is 3. The second kappa shape index (κ2) is 7.22. The minimum absolute atomic E-state index is 0.0735. The van der Waals surface area contributed by atoms with Crippen molar-refractivity contribution in [2.24, 2.45) is 0 Å². The van der Waals surface area contributed by atoms with E-state index < -0.39 is 29.0 Å². The topological polar surface area (TPSA) is 57.7 Å². The van der Waals surface area contributed by atoms with E-state index in [1.165, 1.54) is 17.0 Å². The van der Waals surface area contributed by atoms with Crippen LogP contribution in [0.3, 0.4) is 0 Å². The summed E-state index contributed by atoms with van der Waals surface area (Å²) in [5, 5.41) is 0. The zero-order chi connectivity index (χ0) is 20.7. The molecular weight excluding hydrogens is 373 g/mol. The molecule has 1 saturated carbocycles. The first-order valence-electron chi connectivity index (χ1n) is 9.46. The van der Waals surface area contributed by atoms with Crippen LogP contribution in [-0.2, 0) is 26.0 Å². The van der Waals surface area contributed by atoms with E-state index in [4.69, 9.17) is 0 Å². The number of nitrogens with zero attached hydrogens (tertiary/aromatic N) is 2. The van der Waals surface area contributed by atoms with Gasteiger partial charge in [0, 0.05) is 32.0 Å². The minimum Gasteiger partial charge on any atom is -0.343 e. The molecule has 1 atom stereocenters. The summed E-state index contributed by atoms with van der Waals surface area (Å²) >= 11 is 0. The Hall–Kier alpha value is -2.38. The summed E-state index contributed by atoms with van der Waals surface area (Å²) in [4.78, 5) is 41.3. The molecule has 1 heterocycles. The molecule has 0 radical (unpaired) electrons. The predicted molar refractivity (Wildman–Crippen MR) is 95.2 cm³/mol. The summed E-state index contributed by atoms with van der Waals surface area (Å²) < 4.78 is 39.7. The Kier molecular flexibility index (Phi) is 5.25. The van der Waals surface area contributed by atoms with Gasteiger partial charge in [0.1, 0.15) is 0 Å². The largest absolute Gasteiger partial charge is 0.416 e. The van der Waals surface area contributed by atoms with Gasteiger partial charge >= 0.3 is 6.18 Å². The van der Waals surface area contributed by atoms with Gasteiger partial charge in [0.2, 0.25) is 17.7 Å². The first kappa shape index (κ1) is 20.4. The highest BCUT2D eigenvalue weighted by molar-refractivity contribution is 6.11. The number of hydrogen-bond donors (Lipinski definition) is 0. The summed E-state index contributed by atoms with van der Waals surface area (Å²) in [7, 11) is 0. The number of rotatable bonds is 6. The molecule has 28 heavy (non-hydrogen) atoms. The molecule has 3 rings (SSSR count). The molecule has 1 aliphatic carbocycles. The van der Waals surface area contributed by atoms with Crippen molar-refractivity contribution < 1.29 is 27.6 Å². The lowest BCUT2D eigenvalue weighted by molar-refractivity contribution is -0.143. The maximum absolute atomic E-state index is 13.3. The highest BCUT2D eigenvalue weighted by atomic mass is 19.4. The third-order valence-corrected chi connectivity index (χ3v) is 5.57. The molecule has 1 unspecified atom stereocenters. The van der Waals surface area contributed by atoms with Gasteiger partial charge in [0.05, 0.1) is 11.0 Å². The van der Waals surface area contributed by atoms with Crippen LogP contribution in [0.5, 0.6) is 0 Å². The van der Waals surface area contributed by atoms with Crippen molar-refractivity contribution in [3.63, 3.8) is 0 Å². The number of likely N-dealkylation sites (tertiary alicyclic amines) is 1. The van der Waals surface area contributed by atoms with Crippen LogP contribution in [0.1, 0.15) is 50.7 Å². The van der Waals surface area contributed by atoms with Gasteiger partial charge in [0.25, 0.3) is 0 Å². The molecule has 2 aliphatic rings. The molecule has 1 saturated heterocycles. The summed E-state index contributed by atoms with van der Waals surface area (Å²) in [6, 6.07) is 4.25. The monoisotopic (exact) mass is 396 g/mol. The zero-order valence-corrected chi connectivity index (χ0v) is 15.9. The quantitative estimate of drug-likeness (QED) is 0.695. The number of imide groups is 1. The number of carbonyl (C=O) groups is 3. The number of alkyl halides is 3. The van der Waals surface area contributed by atoms with E-state index in [0.717, 1.165) is 17.0 Å². The Morgan fingerprint density at radius 3 is 2.39 bits per heavy atom. The number of carbonyl (C=O) groups excluding carboxylic acids is 3. The molecule has 1 aromatic rings. The van der Waals surface area contributed by atoms with Crippen LogP contribution >= 0.6 is 0 Å². The van der Waals surface area contributed by atoms with Crippen LogP contribution < -0.4 is 0 Å². The van der Waals surface area contributed by atoms with Crippen LogP contribution in [0.4, 0.5) is 13.2 Å². The summed E-state index contributed by atoms with van der Waals surface area (Å²) in [6.45, 7) is 4.41. The van der Waals surface area contributed by atoms with Gasteiger partial charge in [-0.15, -0.1) is 0 Å². The lowest BCUT2D eigenvalue weighted by Crippen LogP contribution is -2.44. The van der Waals surface area contributed by atoms with Gasteiger partial charge in [-0.05, 0) is 38.3 Å². The van der Waals surface area contributed by atoms with Gasteiger partial charge in [-0.2, -0.15) is 13.2 Å². The second-order valence-electron chi connectivity index (χ2n) is 7.38. The molecule has 0 spiro atoms. The molecule has 1 aliphatic heterocycles. The Bertz CT molecular complexity index is 800. The van der Waals surface area contributed by atoms with Gasteiger partial charge in [0.15, 0.2) is 0 Å². The molecule has 0 bridgehead atoms. The van der Waals surface area contributed by atoms with E-state index in [-0.39, 0.29) is 30.4 Å². The standard InChI is InChI=1S/C20H23F3N2O3/c1-3-24(4-2)16(26)11-19(12-17(27)25(18(19)28)15-8-9-15)13-6-5-7-14(10-13)20(21,22)23/h5-7,10,15H,3-4,8-9,11-12H2,1-2H3. The normalized spacial score (nSPS) is 22.7. The smallest absolute Gasteiger partial charge is 0.343 e. The second-order valence-corrected chi connectivity index (χ2v) is 7.38. The Morgan fingerprint density at radius 1 is 1.21 bits per heavy atom. The van der Waals surface area contributed by atoms with E-state index in [0.29, 0.717) is 25.9 Å². The third kappa shape index (κ3) is 3.52. The predicted octanol–water partition coefficient (Wildman–Crippen LogP) is 3.12. The van der Waals surface area contributed by atoms with E-state index in [2.05, 4.69) is 0 Å². The van der Waals surface area contributed by atoms with Crippen LogP contribution in [0.2, 0.25) is 0 Å². The van der Waals surface area contributed by atoms with Crippen molar-refractivity contribution in [2.75, 3.05) is 13.1 Å². The zero-order valence-electron chi connectivity index (χ0n) is 15.9. The Labute approximate surface area is 161 Å². The molecule has 2 fully saturated rings. The fourth-order valence-electron chi connectivity index (χ4n) is 3.87. The van der Waals surface area contributed by atoms with Crippen LogP contribution in [0.15, 0.2) is 24.3 Å². The van der Waals surface area contributed by atoms with Crippen molar-refractivity contribution in [1.82, 2.24) is 9.80 Å². The SMILES string of the molecule is CCN(CC)C(=O)CC1(c2cccc(C(F)(F)F)c2)CC(=O)N(C2CC2)C1=O.